The van der Waals surface area contributed by atoms with Crippen molar-refractivity contribution < 1.29 is 36.4 Å². The van der Waals surface area contributed by atoms with Crippen LogP contribution in [-0.4, -0.2) is 13.2 Å². The quantitative estimate of drug-likeness (QED) is 0.642. The first-order valence-corrected chi connectivity index (χ1v) is 3.66. The van der Waals surface area contributed by atoms with Crippen LogP contribution in [0.1, 0.15) is 13.8 Å². The van der Waals surface area contributed by atoms with Gasteiger partial charge >= 0.3 is 26.2 Å². The van der Waals surface area contributed by atoms with E-state index in [4.69, 9.17) is 10.2 Å². The van der Waals surface area contributed by atoms with Crippen LogP contribution in [0.25, 0.3) is 0 Å². The summed E-state index contributed by atoms with van der Waals surface area (Å²) in [5, 5.41) is 17.9. The van der Waals surface area contributed by atoms with Crippen molar-refractivity contribution in [3.63, 3.8) is 0 Å². The van der Waals surface area contributed by atoms with Gasteiger partial charge in [-0.25, -0.2) is 12.1 Å². The van der Waals surface area contributed by atoms with E-state index in [2.05, 4.69) is 0 Å². The van der Waals surface area contributed by atoms with Crippen molar-refractivity contribution in [1.82, 2.24) is 0 Å². The van der Waals surface area contributed by atoms with Crippen LogP contribution in [0.15, 0.2) is 30.3 Å². The third kappa shape index (κ3) is 47.2. The minimum atomic E-state index is 0. The van der Waals surface area contributed by atoms with E-state index in [9.17, 15) is 0 Å². The third-order valence-corrected chi connectivity index (χ3v) is 0.556. The molecule has 1 aromatic carbocycles. The van der Waals surface area contributed by atoms with Gasteiger partial charge in [-0.05, 0) is 0 Å². The molecule has 0 radical (unpaired) electrons. The van der Waals surface area contributed by atoms with E-state index in [-0.39, 0.29) is 46.8 Å². The predicted octanol–water partition coefficient (Wildman–Crippen LogP) is 0.586. The summed E-state index contributed by atoms with van der Waals surface area (Å²) in [4.78, 5) is 0. The molecule has 0 bridgehead atoms. The van der Waals surface area contributed by atoms with Crippen molar-refractivity contribution in [2.75, 3.05) is 13.2 Å². The molecule has 2 nitrogen and oxygen atoms in total. The second-order valence-electron chi connectivity index (χ2n) is 1.54. The molecular weight excluding hydrogens is 243 g/mol. The summed E-state index contributed by atoms with van der Waals surface area (Å²) < 4.78 is 0. The monoisotopic (exact) mass is 260 g/mol. The average Bonchev–Trinajstić information content (AvgIpc) is 2.44. The normalized spacial score (nSPS) is 5.85. The maximum atomic E-state index is 8.93. The summed E-state index contributed by atoms with van der Waals surface area (Å²) in [7, 11) is 0. The zero-order valence-electron chi connectivity index (χ0n) is 8.62. The summed E-state index contributed by atoms with van der Waals surface area (Å²) in [6, 6.07) is 10.0. The van der Waals surface area contributed by atoms with Gasteiger partial charge in [0.05, 0.1) is 0 Å². The van der Waals surface area contributed by atoms with E-state index in [0.717, 1.165) is 0 Å². The number of hydrogen-bond acceptors (Lipinski definition) is 2. The molecule has 3 heteroatoms. The first-order valence-electron chi connectivity index (χ1n) is 3.66. The molecule has 0 aliphatic heterocycles. The Morgan fingerprint density at radius 2 is 1.23 bits per heavy atom. The Bertz CT molecular complexity index is 88.4. The van der Waals surface area contributed by atoms with Crippen LogP contribution in [0.5, 0.6) is 0 Å². The molecule has 0 spiro atoms. The van der Waals surface area contributed by atoms with Gasteiger partial charge in [-0.1, -0.05) is 13.8 Å². The van der Waals surface area contributed by atoms with Crippen LogP contribution in [0, 0.1) is 7.43 Å². The molecule has 0 saturated carbocycles. The smallest absolute Gasteiger partial charge is 0.855 e. The van der Waals surface area contributed by atoms with Gasteiger partial charge < -0.3 is 17.6 Å². The minimum absolute atomic E-state index is 0. The Kier molecular flexibility index (Phi) is 52.7. The Morgan fingerprint density at radius 3 is 1.31 bits per heavy atom. The van der Waals surface area contributed by atoms with Crippen LogP contribution < -0.4 is 10.2 Å². The number of hydrogen-bond donors (Lipinski definition) is 0. The standard InChI is InChI=1S/C5H5.2C2H5O.CH3.Zr/c1-2-4-5-3-1;2*1-2-3;;/h1-5H;2*2H2,1H3;1H3;/q4*-1;+4. The first kappa shape index (κ1) is 23.2. The molecule has 0 aliphatic rings. The average molecular weight is 261 g/mol. The Hall–Kier alpha value is 0.153. The van der Waals surface area contributed by atoms with Crippen molar-refractivity contribution in [1.29, 1.82) is 0 Å². The molecule has 13 heavy (non-hydrogen) atoms. The van der Waals surface area contributed by atoms with Crippen LogP contribution in [0.4, 0.5) is 0 Å². The van der Waals surface area contributed by atoms with E-state index in [0.29, 0.717) is 0 Å². The Labute approximate surface area is 101 Å². The fourth-order valence-corrected chi connectivity index (χ4v) is 0.321. The van der Waals surface area contributed by atoms with Gasteiger partial charge in [0, 0.05) is 0 Å². The van der Waals surface area contributed by atoms with Crippen LogP contribution in [0.2, 0.25) is 0 Å². The second kappa shape index (κ2) is 29.5. The van der Waals surface area contributed by atoms with Crippen LogP contribution >= 0.6 is 0 Å². The Morgan fingerprint density at radius 1 is 1.00 bits per heavy atom. The van der Waals surface area contributed by atoms with E-state index < -0.39 is 0 Å². The van der Waals surface area contributed by atoms with Gasteiger partial charge in [0.15, 0.2) is 0 Å². The second-order valence-corrected chi connectivity index (χ2v) is 1.54. The molecule has 0 amide bonds. The van der Waals surface area contributed by atoms with Crippen molar-refractivity contribution >= 4 is 0 Å². The van der Waals surface area contributed by atoms with E-state index in [1.165, 1.54) is 0 Å². The molecule has 0 aromatic heterocycles. The fraction of sp³-hybridized carbons (Fsp3) is 0.400. The molecule has 0 unspecified atom stereocenters. The summed E-state index contributed by atoms with van der Waals surface area (Å²) in [6.45, 7) is 3.14. The summed E-state index contributed by atoms with van der Waals surface area (Å²) in [6.07, 6.45) is 0. The molecule has 0 saturated heterocycles. The van der Waals surface area contributed by atoms with Gasteiger partial charge in [0.2, 0.25) is 0 Å². The van der Waals surface area contributed by atoms with Crippen molar-refractivity contribution in [2.45, 2.75) is 13.8 Å². The van der Waals surface area contributed by atoms with E-state index >= 15 is 0 Å². The summed E-state index contributed by atoms with van der Waals surface area (Å²) >= 11 is 0. The van der Waals surface area contributed by atoms with Gasteiger partial charge in [0.25, 0.3) is 0 Å². The van der Waals surface area contributed by atoms with Gasteiger partial charge in [-0.15, -0.1) is 13.2 Å². The van der Waals surface area contributed by atoms with Crippen molar-refractivity contribution in [3.05, 3.63) is 37.8 Å². The van der Waals surface area contributed by atoms with E-state index in [1.54, 1.807) is 13.8 Å². The molecule has 0 aliphatic carbocycles. The van der Waals surface area contributed by atoms with Gasteiger partial charge in [-0.2, -0.15) is 18.2 Å². The molecular formula is C10H18O2Zr. The molecule has 74 valence electrons. The summed E-state index contributed by atoms with van der Waals surface area (Å²) in [5.41, 5.74) is 0. The van der Waals surface area contributed by atoms with Crippen molar-refractivity contribution in [2.24, 2.45) is 0 Å². The fourth-order valence-electron chi connectivity index (χ4n) is 0.321. The van der Waals surface area contributed by atoms with Crippen LogP contribution in [-0.2, 0) is 26.2 Å². The van der Waals surface area contributed by atoms with Crippen molar-refractivity contribution in [3.8, 4) is 0 Å². The first-order chi connectivity index (χ1) is 5.33. The molecule has 0 N–H and O–H groups in total. The minimum Gasteiger partial charge on any atom is -0.855 e. The third-order valence-electron chi connectivity index (χ3n) is 0.556. The van der Waals surface area contributed by atoms with E-state index in [1.807, 2.05) is 30.3 Å². The maximum Gasteiger partial charge on any atom is 4.00 e. The van der Waals surface area contributed by atoms with Crippen LogP contribution in [0.3, 0.4) is 0 Å². The van der Waals surface area contributed by atoms with Gasteiger partial charge in [-0.3, -0.25) is 0 Å². The summed E-state index contributed by atoms with van der Waals surface area (Å²) in [5.74, 6) is 0. The largest absolute Gasteiger partial charge is 4.00 e. The molecule has 1 rings (SSSR count). The molecule has 1 aromatic rings. The Balaban J connectivity index is -0.0000000461. The van der Waals surface area contributed by atoms with Gasteiger partial charge in [0.1, 0.15) is 0 Å². The molecule has 0 fully saturated rings. The topological polar surface area (TPSA) is 46.1 Å². The predicted molar refractivity (Wildman–Crippen MR) is 49.5 cm³/mol. The molecule has 0 heterocycles. The SMILES string of the molecule is CC[O-].CC[O-].[CH3-].[Zr+4].c1cc[cH-]c1. The zero-order valence-corrected chi connectivity index (χ0v) is 11.1. The number of rotatable bonds is 0. The molecule has 0 atom stereocenters. The maximum absolute atomic E-state index is 8.93. The zero-order chi connectivity index (χ0) is 8.95.